The lowest BCUT2D eigenvalue weighted by molar-refractivity contribution is -0.142. The van der Waals surface area contributed by atoms with E-state index in [-0.39, 0.29) is 18.5 Å². The number of para-hydroxylation sites is 1. The first-order valence-corrected chi connectivity index (χ1v) is 5.58. The van der Waals surface area contributed by atoms with E-state index < -0.39 is 5.41 Å². The minimum absolute atomic E-state index is 0.0362. The van der Waals surface area contributed by atoms with Crippen LogP contribution in [0.2, 0.25) is 0 Å². The number of benzene rings is 1. The zero-order valence-electron chi connectivity index (χ0n) is 9.95. The van der Waals surface area contributed by atoms with Crippen LogP contribution in [-0.4, -0.2) is 18.5 Å². The van der Waals surface area contributed by atoms with Gasteiger partial charge in [-0.2, -0.15) is 0 Å². The normalized spacial score (nSPS) is 21.9. The van der Waals surface area contributed by atoms with Crippen LogP contribution in [-0.2, 0) is 19.7 Å². The molecule has 90 valence electrons. The molecule has 4 heteroatoms. The number of anilines is 1. The fraction of sp³-hybridized carbons (Fsp3) is 0.385. The summed E-state index contributed by atoms with van der Waals surface area (Å²) >= 11 is 0. The highest BCUT2D eigenvalue weighted by Gasteiger charge is 2.42. The molecule has 1 aliphatic rings. The zero-order valence-corrected chi connectivity index (χ0v) is 9.95. The van der Waals surface area contributed by atoms with Crippen molar-refractivity contribution in [1.29, 1.82) is 0 Å². The molecule has 0 fully saturated rings. The number of hydrogen-bond donors (Lipinski definition) is 1. The highest BCUT2D eigenvalue weighted by molar-refractivity contribution is 6.05. The van der Waals surface area contributed by atoms with Gasteiger partial charge in [0.05, 0.1) is 12.0 Å². The molecule has 0 saturated carbocycles. The van der Waals surface area contributed by atoms with E-state index in [0.29, 0.717) is 6.42 Å². The van der Waals surface area contributed by atoms with Gasteiger partial charge in [0, 0.05) is 12.6 Å². The maximum Gasteiger partial charge on any atom is 0.302 e. The molecule has 1 amide bonds. The number of carbonyl (C=O) groups is 2. The summed E-state index contributed by atoms with van der Waals surface area (Å²) in [5.74, 6) is -0.355. The Balaban J connectivity index is 2.19. The molecule has 0 saturated heterocycles. The predicted molar refractivity (Wildman–Crippen MR) is 63.7 cm³/mol. The molecule has 0 aliphatic carbocycles. The average Bonchev–Trinajstić information content (AvgIpc) is 2.52. The topological polar surface area (TPSA) is 55.4 Å². The smallest absolute Gasteiger partial charge is 0.302 e. The molecule has 1 heterocycles. The van der Waals surface area contributed by atoms with Crippen LogP contribution in [0.25, 0.3) is 0 Å². The molecule has 17 heavy (non-hydrogen) atoms. The summed E-state index contributed by atoms with van der Waals surface area (Å²) < 4.78 is 4.91. The van der Waals surface area contributed by atoms with Gasteiger partial charge >= 0.3 is 5.97 Å². The molecule has 4 nitrogen and oxygen atoms in total. The molecule has 0 radical (unpaired) electrons. The van der Waals surface area contributed by atoms with Gasteiger partial charge in [0.25, 0.3) is 0 Å². The van der Waals surface area contributed by atoms with Gasteiger partial charge in [0.1, 0.15) is 0 Å². The van der Waals surface area contributed by atoms with E-state index in [2.05, 4.69) is 5.32 Å². The third-order valence-corrected chi connectivity index (χ3v) is 3.18. The van der Waals surface area contributed by atoms with E-state index >= 15 is 0 Å². The van der Waals surface area contributed by atoms with Gasteiger partial charge in [0.2, 0.25) is 5.91 Å². The van der Waals surface area contributed by atoms with E-state index in [4.69, 9.17) is 4.74 Å². The number of ether oxygens (including phenoxy) is 1. The fourth-order valence-corrected chi connectivity index (χ4v) is 2.10. The fourth-order valence-electron chi connectivity index (χ4n) is 2.10. The molecule has 1 unspecified atom stereocenters. The molecule has 0 bridgehead atoms. The number of rotatable bonds is 3. The van der Waals surface area contributed by atoms with Gasteiger partial charge in [-0.15, -0.1) is 0 Å². The van der Waals surface area contributed by atoms with Crippen molar-refractivity contribution in [1.82, 2.24) is 0 Å². The SMILES string of the molecule is CC(=O)OCCC1(C)C(=O)Nc2ccccc21. The Morgan fingerprint density at radius 1 is 1.41 bits per heavy atom. The highest BCUT2D eigenvalue weighted by Crippen LogP contribution is 2.39. The standard InChI is InChI=1S/C13H15NO3/c1-9(15)17-8-7-13(2)10-5-3-4-6-11(10)14-12(13)16/h3-6H,7-8H2,1-2H3,(H,14,16). The lowest BCUT2D eigenvalue weighted by Gasteiger charge is -2.21. The number of nitrogens with one attached hydrogen (secondary N) is 1. The van der Waals surface area contributed by atoms with E-state index in [1.807, 2.05) is 31.2 Å². The lowest BCUT2D eigenvalue weighted by Crippen LogP contribution is -2.32. The summed E-state index contributed by atoms with van der Waals surface area (Å²) in [4.78, 5) is 22.7. The van der Waals surface area contributed by atoms with Crippen LogP contribution in [0.15, 0.2) is 24.3 Å². The van der Waals surface area contributed by atoms with Crippen molar-refractivity contribution in [2.24, 2.45) is 0 Å². The van der Waals surface area contributed by atoms with Crippen molar-refractivity contribution >= 4 is 17.6 Å². The molecule has 0 spiro atoms. The first-order valence-electron chi connectivity index (χ1n) is 5.58. The van der Waals surface area contributed by atoms with Gasteiger partial charge in [-0.1, -0.05) is 18.2 Å². The summed E-state index contributed by atoms with van der Waals surface area (Å²) in [6, 6.07) is 7.60. The van der Waals surface area contributed by atoms with E-state index in [0.717, 1.165) is 11.3 Å². The van der Waals surface area contributed by atoms with E-state index in [1.54, 1.807) is 0 Å². The number of fused-ring (bicyclic) bond motifs is 1. The van der Waals surface area contributed by atoms with Crippen LogP contribution < -0.4 is 5.32 Å². The van der Waals surface area contributed by atoms with Gasteiger partial charge in [-0.3, -0.25) is 9.59 Å². The number of carbonyl (C=O) groups excluding carboxylic acids is 2. The molecule has 1 aromatic rings. The summed E-state index contributed by atoms with van der Waals surface area (Å²) in [6.45, 7) is 3.50. The molecule has 1 aromatic carbocycles. The third-order valence-electron chi connectivity index (χ3n) is 3.18. The summed E-state index contributed by atoms with van der Waals surface area (Å²) in [5.41, 5.74) is 1.21. The predicted octanol–water partition coefficient (Wildman–Crippen LogP) is 1.85. The van der Waals surface area contributed by atoms with E-state index in [9.17, 15) is 9.59 Å². The Bertz CT molecular complexity index is 469. The van der Waals surface area contributed by atoms with Crippen molar-refractivity contribution in [2.75, 3.05) is 11.9 Å². The van der Waals surface area contributed by atoms with Crippen molar-refractivity contribution in [2.45, 2.75) is 25.7 Å². The second kappa shape index (κ2) is 4.20. The maximum absolute atomic E-state index is 12.0. The van der Waals surface area contributed by atoms with Crippen LogP contribution >= 0.6 is 0 Å². The zero-order chi connectivity index (χ0) is 12.5. The van der Waals surface area contributed by atoms with Gasteiger partial charge < -0.3 is 10.1 Å². The first kappa shape index (κ1) is 11.6. The summed E-state index contributed by atoms with van der Waals surface area (Å²) in [7, 11) is 0. The van der Waals surface area contributed by atoms with Crippen molar-refractivity contribution in [3.05, 3.63) is 29.8 Å². The Morgan fingerprint density at radius 3 is 2.82 bits per heavy atom. The van der Waals surface area contributed by atoms with Gasteiger partial charge in [-0.05, 0) is 25.0 Å². The first-order chi connectivity index (χ1) is 8.04. The number of esters is 1. The largest absolute Gasteiger partial charge is 0.466 e. The Morgan fingerprint density at radius 2 is 2.12 bits per heavy atom. The van der Waals surface area contributed by atoms with Crippen LogP contribution in [0.5, 0.6) is 0 Å². The van der Waals surface area contributed by atoms with Crippen molar-refractivity contribution in [3.63, 3.8) is 0 Å². The van der Waals surface area contributed by atoms with E-state index in [1.165, 1.54) is 6.92 Å². The second-order valence-corrected chi connectivity index (χ2v) is 4.42. The van der Waals surface area contributed by atoms with Crippen LogP contribution in [0.3, 0.4) is 0 Å². The van der Waals surface area contributed by atoms with Crippen molar-refractivity contribution < 1.29 is 14.3 Å². The monoisotopic (exact) mass is 233 g/mol. The Kier molecular flexibility index (Phi) is 2.88. The molecule has 1 aliphatic heterocycles. The molecular weight excluding hydrogens is 218 g/mol. The Labute approximate surface area is 100.0 Å². The molecule has 2 rings (SSSR count). The molecule has 0 aromatic heterocycles. The molecular formula is C13H15NO3. The quantitative estimate of drug-likeness (QED) is 0.810. The van der Waals surface area contributed by atoms with Gasteiger partial charge in [-0.25, -0.2) is 0 Å². The van der Waals surface area contributed by atoms with Crippen LogP contribution in [0.4, 0.5) is 5.69 Å². The number of amides is 1. The summed E-state index contributed by atoms with van der Waals surface area (Å²) in [6.07, 6.45) is 0.495. The summed E-state index contributed by atoms with van der Waals surface area (Å²) in [5, 5.41) is 2.85. The maximum atomic E-state index is 12.0. The van der Waals surface area contributed by atoms with Crippen LogP contribution in [0.1, 0.15) is 25.8 Å². The minimum Gasteiger partial charge on any atom is -0.466 e. The lowest BCUT2D eigenvalue weighted by atomic mass is 9.81. The highest BCUT2D eigenvalue weighted by atomic mass is 16.5. The third kappa shape index (κ3) is 2.02. The molecule has 1 atom stereocenters. The van der Waals surface area contributed by atoms with Crippen molar-refractivity contribution in [3.8, 4) is 0 Å². The van der Waals surface area contributed by atoms with Crippen LogP contribution in [0, 0.1) is 0 Å². The average molecular weight is 233 g/mol. The number of hydrogen-bond acceptors (Lipinski definition) is 3. The second-order valence-electron chi connectivity index (χ2n) is 4.42. The molecule has 1 N–H and O–H groups in total. The Hall–Kier alpha value is -1.84. The minimum atomic E-state index is -0.605. The van der Waals surface area contributed by atoms with Gasteiger partial charge in [0.15, 0.2) is 0 Å².